The van der Waals surface area contributed by atoms with E-state index in [0.717, 1.165) is 22.1 Å². The zero-order valence-electron chi connectivity index (χ0n) is 13.9. The lowest BCUT2D eigenvalue weighted by molar-refractivity contribution is -0.115. The number of amidine groups is 1. The van der Waals surface area contributed by atoms with Crippen molar-refractivity contribution < 1.29 is 14.3 Å². The number of nitrogens with zero attached hydrogens (tertiary/aromatic N) is 1. The normalized spacial score (nSPS) is 18.6. The van der Waals surface area contributed by atoms with Gasteiger partial charge in [0.25, 0.3) is 5.91 Å². The summed E-state index contributed by atoms with van der Waals surface area (Å²) in [5.41, 5.74) is 2.92. The van der Waals surface area contributed by atoms with Crippen LogP contribution >= 0.6 is 27.7 Å². The number of nitrogens with one attached hydrogen (secondary N) is 1. The Bertz CT molecular complexity index is 939. The molecule has 0 aliphatic carbocycles. The average molecular weight is 431 g/mol. The van der Waals surface area contributed by atoms with Crippen LogP contribution in [0.1, 0.15) is 18.1 Å². The largest absolute Gasteiger partial charge is 0.454 e. The maximum atomic E-state index is 12.3. The standard InChI is InChI=1S/C19H15BrN2O3S/c1-2-11-3-5-13(6-4-11)21-19-22-18(23)17(26-19)8-12-7-15-16(9-14(12)20)25-10-24-15/h3-9H,2,10H2,1H3,(H,21,22,23). The highest BCUT2D eigenvalue weighted by Gasteiger charge is 2.25. The summed E-state index contributed by atoms with van der Waals surface area (Å²) < 4.78 is 11.6. The lowest BCUT2D eigenvalue weighted by atomic mass is 10.2. The summed E-state index contributed by atoms with van der Waals surface area (Å²) in [7, 11) is 0. The average Bonchev–Trinajstić information content (AvgIpc) is 3.22. The Morgan fingerprint density at radius 2 is 1.96 bits per heavy atom. The van der Waals surface area contributed by atoms with Crippen LogP contribution in [0.2, 0.25) is 0 Å². The first-order valence-corrected chi connectivity index (χ1v) is 9.71. The third kappa shape index (κ3) is 3.50. The fourth-order valence-corrected chi connectivity index (χ4v) is 3.86. The van der Waals surface area contributed by atoms with E-state index in [4.69, 9.17) is 9.47 Å². The highest BCUT2D eigenvalue weighted by Crippen LogP contribution is 2.39. The zero-order chi connectivity index (χ0) is 18.1. The van der Waals surface area contributed by atoms with Crippen molar-refractivity contribution >= 4 is 50.5 Å². The number of aryl methyl sites for hydroxylation is 1. The quantitative estimate of drug-likeness (QED) is 0.720. The Kier molecular flexibility index (Phi) is 4.74. The summed E-state index contributed by atoms with van der Waals surface area (Å²) in [5.74, 6) is 1.21. The summed E-state index contributed by atoms with van der Waals surface area (Å²) >= 11 is 4.83. The van der Waals surface area contributed by atoms with Crippen LogP contribution in [0.25, 0.3) is 6.08 Å². The summed E-state index contributed by atoms with van der Waals surface area (Å²) in [6.07, 6.45) is 2.80. The van der Waals surface area contributed by atoms with Crippen molar-refractivity contribution in [1.82, 2.24) is 5.32 Å². The molecule has 0 atom stereocenters. The molecule has 1 fully saturated rings. The first-order chi connectivity index (χ1) is 12.6. The van der Waals surface area contributed by atoms with E-state index in [0.29, 0.717) is 21.6 Å². The fourth-order valence-electron chi connectivity index (χ4n) is 2.59. The number of halogens is 1. The van der Waals surface area contributed by atoms with Gasteiger partial charge in [-0.1, -0.05) is 35.0 Å². The van der Waals surface area contributed by atoms with Crippen LogP contribution in [0, 0.1) is 0 Å². The van der Waals surface area contributed by atoms with E-state index < -0.39 is 0 Å². The number of carbonyl (C=O) groups excluding carboxylic acids is 1. The number of rotatable bonds is 3. The Hall–Kier alpha value is -2.25. The first-order valence-electron chi connectivity index (χ1n) is 8.10. The van der Waals surface area contributed by atoms with Crippen molar-refractivity contribution in [1.29, 1.82) is 0 Å². The van der Waals surface area contributed by atoms with Gasteiger partial charge in [0.2, 0.25) is 6.79 Å². The monoisotopic (exact) mass is 430 g/mol. The number of carbonyl (C=O) groups is 1. The molecule has 2 aliphatic heterocycles. The molecule has 0 radical (unpaired) electrons. The molecule has 1 amide bonds. The van der Waals surface area contributed by atoms with Crippen LogP contribution < -0.4 is 14.8 Å². The van der Waals surface area contributed by atoms with Gasteiger partial charge in [0.15, 0.2) is 16.7 Å². The SMILES string of the molecule is CCc1ccc(N=C2NC(=O)C(=Cc3cc4c(cc3Br)OCO4)S2)cc1. The smallest absolute Gasteiger partial charge is 0.264 e. The van der Waals surface area contributed by atoms with Gasteiger partial charge < -0.3 is 14.8 Å². The van der Waals surface area contributed by atoms with E-state index in [1.807, 2.05) is 42.5 Å². The second-order valence-electron chi connectivity index (χ2n) is 5.73. The van der Waals surface area contributed by atoms with Crippen LogP contribution in [-0.2, 0) is 11.2 Å². The molecule has 0 spiro atoms. The van der Waals surface area contributed by atoms with E-state index >= 15 is 0 Å². The van der Waals surface area contributed by atoms with Crippen LogP contribution in [0.3, 0.4) is 0 Å². The molecule has 2 aromatic carbocycles. The van der Waals surface area contributed by atoms with Gasteiger partial charge in [-0.05, 0) is 59.7 Å². The molecule has 0 saturated carbocycles. The Morgan fingerprint density at radius 3 is 2.69 bits per heavy atom. The molecule has 0 bridgehead atoms. The van der Waals surface area contributed by atoms with Crippen LogP contribution in [0.15, 0.2) is 50.8 Å². The molecule has 1 N–H and O–H groups in total. The number of fused-ring (bicyclic) bond motifs is 1. The lowest BCUT2D eigenvalue weighted by Gasteiger charge is -2.02. The molecule has 26 heavy (non-hydrogen) atoms. The molecular formula is C19H15BrN2O3S. The summed E-state index contributed by atoms with van der Waals surface area (Å²) in [4.78, 5) is 17.4. The molecule has 132 valence electrons. The lowest BCUT2D eigenvalue weighted by Crippen LogP contribution is -2.19. The number of hydrogen-bond acceptors (Lipinski definition) is 5. The van der Waals surface area contributed by atoms with Gasteiger partial charge >= 0.3 is 0 Å². The number of benzene rings is 2. The Labute approximate surface area is 163 Å². The van der Waals surface area contributed by atoms with E-state index in [-0.39, 0.29) is 12.7 Å². The van der Waals surface area contributed by atoms with Gasteiger partial charge in [-0.3, -0.25) is 4.79 Å². The van der Waals surface area contributed by atoms with Gasteiger partial charge in [0, 0.05) is 4.47 Å². The van der Waals surface area contributed by atoms with E-state index in [9.17, 15) is 4.79 Å². The third-order valence-electron chi connectivity index (χ3n) is 4.00. The van der Waals surface area contributed by atoms with Crippen molar-refractivity contribution in [3.63, 3.8) is 0 Å². The number of aliphatic imine (C=N–C) groups is 1. The van der Waals surface area contributed by atoms with Crippen LogP contribution in [-0.4, -0.2) is 17.9 Å². The maximum absolute atomic E-state index is 12.3. The molecule has 2 aliphatic rings. The highest BCUT2D eigenvalue weighted by molar-refractivity contribution is 9.10. The molecule has 0 aromatic heterocycles. The minimum absolute atomic E-state index is 0.163. The number of hydrogen-bond donors (Lipinski definition) is 1. The summed E-state index contributed by atoms with van der Waals surface area (Å²) in [6.45, 7) is 2.32. The van der Waals surface area contributed by atoms with Gasteiger partial charge in [0.1, 0.15) is 0 Å². The molecule has 0 unspecified atom stereocenters. The van der Waals surface area contributed by atoms with Gasteiger partial charge in [-0.15, -0.1) is 0 Å². The third-order valence-corrected chi connectivity index (χ3v) is 5.60. The fraction of sp³-hybridized carbons (Fsp3) is 0.158. The molecule has 5 nitrogen and oxygen atoms in total. The predicted octanol–water partition coefficient (Wildman–Crippen LogP) is 4.63. The van der Waals surface area contributed by atoms with Gasteiger partial charge in [-0.2, -0.15) is 0 Å². The van der Waals surface area contributed by atoms with E-state index in [2.05, 4.69) is 33.2 Å². The first kappa shape index (κ1) is 17.2. The van der Waals surface area contributed by atoms with Crippen LogP contribution in [0.5, 0.6) is 11.5 Å². The minimum Gasteiger partial charge on any atom is -0.454 e. The predicted molar refractivity (Wildman–Crippen MR) is 107 cm³/mol. The molecular weight excluding hydrogens is 416 g/mol. The number of amides is 1. The van der Waals surface area contributed by atoms with Crippen LogP contribution in [0.4, 0.5) is 5.69 Å². The van der Waals surface area contributed by atoms with E-state index in [1.165, 1.54) is 17.3 Å². The summed E-state index contributed by atoms with van der Waals surface area (Å²) in [5, 5.41) is 3.38. The molecule has 4 rings (SSSR count). The summed E-state index contributed by atoms with van der Waals surface area (Å²) in [6, 6.07) is 11.7. The minimum atomic E-state index is -0.163. The number of ether oxygens (including phenoxy) is 2. The molecule has 7 heteroatoms. The second-order valence-corrected chi connectivity index (χ2v) is 7.61. The second kappa shape index (κ2) is 7.17. The molecule has 1 saturated heterocycles. The van der Waals surface area contributed by atoms with Gasteiger partial charge in [-0.25, -0.2) is 4.99 Å². The highest BCUT2D eigenvalue weighted by atomic mass is 79.9. The molecule has 2 aromatic rings. The Balaban J connectivity index is 1.58. The van der Waals surface area contributed by atoms with Crippen molar-refractivity contribution in [2.24, 2.45) is 4.99 Å². The van der Waals surface area contributed by atoms with Crippen molar-refractivity contribution in [2.75, 3.05) is 6.79 Å². The zero-order valence-corrected chi connectivity index (χ0v) is 16.3. The van der Waals surface area contributed by atoms with E-state index in [1.54, 1.807) is 0 Å². The maximum Gasteiger partial charge on any atom is 0.264 e. The Morgan fingerprint density at radius 1 is 1.23 bits per heavy atom. The topological polar surface area (TPSA) is 59.9 Å². The number of thioether (sulfide) groups is 1. The van der Waals surface area contributed by atoms with Gasteiger partial charge in [0.05, 0.1) is 10.6 Å². The molecule has 2 heterocycles. The van der Waals surface area contributed by atoms with Crippen molar-refractivity contribution in [3.05, 3.63) is 56.9 Å². The van der Waals surface area contributed by atoms with Crippen molar-refractivity contribution in [2.45, 2.75) is 13.3 Å². The van der Waals surface area contributed by atoms with Crippen molar-refractivity contribution in [3.8, 4) is 11.5 Å².